The third-order valence-corrected chi connectivity index (χ3v) is 1.24. The highest BCUT2D eigenvalue weighted by atomic mass is 35.5. The minimum absolute atomic E-state index is 0.204. The molecule has 0 heterocycles. The van der Waals surface area contributed by atoms with Crippen molar-refractivity contribution in [2.45, 2.75) is 19.6 Å². The van der Waals surface area contributed by atoms with Gasteiger partial charge >= 0.3 is 5.43 Å². The molecule has 10 heavy (non-hydrogen) atoms. The van der Waals surface area contributed by atoms with Crippen molar-refractivity contribution >= 4 is 17.0 Å². The first-order valence-corrected chi connectivity index (χ1v) is 3.48. The topological polar surface area (TPSA) is 29.5 Å². The van der Waals surface area contributed by atoms with E-state index in [0.717, 1.165) is 6.42 Å². The Morgan fingerprint density at radius 1 is 1.70 bits per heavy atom. The summed E-state index contributed by atoms with van der Waals surface area (Å²) in [5.41, 5.74) is -0.749. The molecule has 4 heteroatoms. The number of carbonyl (C=O) groups is 1. The molecule has 0 aliphatic heterocycles. The quantitative estimate of drug-likeness (QED) is 0.471. The molecule has 0 aliphatic carbocycles. The highest BCUT2D eigenvalue weighted by Gasteiger charge is 2.11. The van der Waals surface area contributed by atoms with E-state index >= 15 is 0 Å². The van der Waals surface area contributed by atoms with Gasteiger partial charge in [-0.1, -0.05) is 6.92 Å². The third kappa shape index (κ3) is 3.69. The van der Waals surface area contributed by atoms with Gasteiger partial charge in [0, 0.05) is 11.6 Å². The molecule has 0 fully saturated rings. The van der Waals surface area contributed by atoms with Crippen molar-refractivity contribution in [3.8, 4) is 0 Å². The van der Waals surface area contributed by atoms with Gasteiger partial charge in [-0.15, -0.1) is 0 Å². The summed E-state index contributed by atoms with van der Waals surface area (Å²) < 4.78 is 4.71. The van der Waals surface area contributed by atoms with Crippen LogP contribution in [0.1, 0.15) is 13.3 Å². The minimum atomic E-state index is -0.749. The van der Waals surface area contributed by atoms with Crippen molar-refractivity contribution in [2.24, 2.45) is 0 Å². The molecule has 0 saturated heterocycles. The zero-order chi connectivity index (χ0) is 8.15. The van der Waals surface area contributed by atoms with E-state index in [4.69, 9.17) is 16.3 Å². The third-order valence-electron chi connectivity index (χ3n) is 1.15. The van der Waals surface area contributed by atoms with E-state index in [-0.39, 0.29) is 6.23 Å². The molecule has 0 spiro atoms. The Kier molecular flexibility index (Phi) is 4.40. The number of hydrogen-bond acceptors (Lipinski definition) is 3. The maximum absolute atomic E-state index is 10.2. The Balaban J connectivity index is 3.71. The molecule has 0 saturated carbocycles. The largest absolute Gasteiger partial charge is 0.434 e. The fraction of sp³-hybridized carbons (Fsp3) is 0.833. The Bertz CT molecular complexity index is 116. The summed E-state index contributed by atoms with van der Waals surface area (Å²) in [6.45, 7) is 1.92. The van der Waals surface area contributed by atoms with Gasteiger partial charge in [0.1, 0.15) is 0 Å². The van der Waals surface area contributed by atoms with Crippen molar-refractivity contribution in [1.82, 2.24) is 4.90 Å². The maximum atomic E-state index is 10.2. The summed E-state index contributed by atoms with van der Waals surface area (Å²) in [6.07, 6.45) is 0.538. The molecule has 0 aromatic heterocycles. The van der Waals surface area contributed by atoms with Gasteiger partial charge in [0.15, 0.2) is 6.23 Å². The van der Waals surface area contributed by atoms with Crippen molar-refractivity contribution in [2.75, 3.05) is 14.1 Å². The molecule has 0 aromatic carbocycles. The smallest absolute Gasteiger partial charge is 0.405 e. The first-order chi connectivity index (χ1) is 4.57. The molecule has 1 atom stereocenters. The Morgan fingerprint density at radius 3 is 2.30 bits per heavy atom. The van der Waals surface area contributed by atoms with E-state index in [0.29, 0.717) is 0 Å². The second-order valence-corrected chi connectivity index (χ2v) is 2.49. The first kappa shape index (κ1) is 9.72. The van der Waals surface area contributed by atoms with Gasteiger partial charge in [-0.25, -0.2) is 4.79 Å². The highest BCUT2D eigenvalue weighted by molar-refractivity contribution is 6.61. The van der Waals surface area contributed by atoms with Crippen LogP contribution in [0.15, 0.2) is 0 Å². The van der Waals surface area contributed by atoms with Gasteiger partial charge < -0.3 is 4.74 Å². The van der Waals surface area contributed by atoms with Crippen molar-refractivity contribution in [3.63, 3.8) is 0 Å². The summed E-state index contributed by atoms with van der Waals surface area (Å²) in [6, 6.07) is 0. The highest BCUT2D eigenvalue weighted by Crippen LogP contribution is 2.03. The number of carbonyl (C=O) groups excluding carboxylic acids is 1. The van der Waals surface area contributed by atoms with Crippen molar-refractivity contribution in [3.05, 3.63) is 0 Å². The van der Waals surface area contributed by atoms with Crippen LogP contribution in [0.5, 0.6) is 0 Å². The normalized spacial score (nSPS) is 13.3. The summed E-state index contributed by atoms with van der Waals surface area (Å²) in [5, 5.41) is 0. The van der Waals surface area contributed by atoms with Crippen LogP contribution in [0.3, 0.4) is 0 Å². The van der Waals surface area contributed by atoms with Crippen LogP contribution < -0.4 is 0 Å². The lowest BCUT2D eigenvalue weighted by molar-refractivity contribution is 0.0258. The Hall–Kier alpha value is -0.280. The lowest BCUT2D eigenvalue weighted by atomic mass is 10.4. The Morgan fingerprint density at radius 2 is 2.20 bits per heavy atom. The van der Waals surface area contributed by atoms with E-state index in [1.807, 2.05) is 21.0 Å². The number of rotatable bonds is 3. The van der Waals surface area contributed by atoms with Gasteiger partial charge in [0.2, 0.25) is 0 Å². The minimum Gasteiger partial charge on any atom is -0.434 e. The standard InChI is InChI=1S/C6H12ClNO2/c1-4-5(8(2)3)10-6(7)9/h5H,4H2,1-3H3. The molecule has 0 aliphatic rings. The monoisotopic (exact) mass is 165 g/mol. The average molecular weight is 166 g/mol. The lowest BCUT2D eigenvalue weighted by Gasteiger charge is -2.20. The molecule has 60 valence electrons. The molecule has 0 N–H and O–H groups in total. The summed E-state index contributed by atoms with van der Waals surface area (Å²) in [4.78, 5) is 12.0. The second-order valence-electron chi connectivity index (χ2n) is 2.18. The van der Waals surface area contributed by atoms with Crippen LogP contribution in [0, 0.1) is 0 Å². The molecular formula is C6H12ClNO2. The maximum Gasteiger partial charge on any atom is 0.405 e. The predicted octanol–water partition coefficient (Wildman–Crippen LogP) is 1.66. The van der Waals surface area contributed by atoms with Crippen LogP contribution >= 0.6 is 11.6 Å². The Labute approximate surface area is 65.9 Å². The summed E-state index contributed by atoms with van der Waals surface area (Å²) >= 11 is 5.01. The SMILES string of the molecule is CCC(OC(=O)Cl)N(C)C. The first-order valence-electron chi connectivity index (χ1n) is 3.10. The van der Waals surface area contributed by atoms with Crippen LogP contribution in [-0.4, -0.2) is 30.7 Å². The van der Waals surface area contributed by atoms with Crippen LogP contribution in [-0.2, 0) is 4.74 Å². The average Bonchev–Trinajstić information content (AvgIpc) is 1.81. The summed E-state index contributed by atoms with van der Waals surface area (Å²) in [5.74, 6) is 0. The van der Waals surface area contributed by atoms with Gasteiger partial charge in [0.25, 0.3) is 0 Å². The molecule has 0 aromatic rings. The lowest BCUT2D eigenvalue weighted by Crippen LogP contribution is -2.30. The molecule has 0 radical (unpaired) electrons. The van der Waals surface area contributed by atoms with E-state index in [1.54, 1.807) is 4.90 Å². The number of ether oxygens (including phenoxy) is 1. The molecule has 0 bridgehead atoms. The molecule has 3 nitrogen and oxygen atoms in total. The van der Waals surface area contributed by atoms with Crippen molar-refractivity contribution < 1.29 is 9.53 Å². The van der Waals surface area contributed by atoms with Crippen LogP contribution in [0.2, 0.25) is 0 Å². The fourth-order valence-corrected chi connectivity index (χ4v) is 0.764. The number of hydrogen-bond donors (Lipinski definition) is 0. The van der Waals surface area contributed by atoms with Crippen molar-refractivity contribution in [1.29, 1.82) is 0 Å². The molecule has 1 unspecified atom stereocenters. The molecular weight excluding hydrogens is 154 g/mol. The van der Waals surface area contributed by atoms with E-state index in [2.05, 4.69) is 0 Å². The van der Waals surface area contributed by atoms with E-state index < -0.39 is 5.43 Å². The van der Waals surface area contributed by atoms with Gasteiger partial charge in [-0.2, -0.15) is 0 Å². The van der Waals surface area contributed by atoms with Gasteiger partial charge in [-0.3, -0.25) is 4.90 Å². The van der Waals surface area contributed by atoms with E-state index in [9.17, 15) is 4.79 Å². The van der Waals surface area contributed by atoms with Gasteiger partial charge in [-0.05, 0) is 20.5 Å². The molecule has 0 rings (SSSR count). The van der Waals surface area contributed by atoms with Crippen LogP contribution in [0.4, 0.5) is 4.79 Å². The zero-order valence-electron chi connectivity index (χ0n) is 6.43. The number of halogens is 1. The zero-order valence-corrected chi connectivity index (χ0v) is 7.18. The predicted molar refractivity (Wildman–Crippen MR) is 40.1 cm³/mol. The van der Waals surface area contributed by atoms with Crippen LogP contribution in [0.25, 0.3) is 0 Å². The molecule has 0 amide bonds. The second kappa shape index (κ2) is 4.52. The number of nitrogens with zero attached hydrogens (tertiary/aromatic N) is 1. The van der Waals surface area contributed by atoms with E-state index in [1.165, 1.54) is 0 Å². The fourth-order valence-electron chi connectivity index (χ4n) is 0.661. The van der Waals surface area contributed by atoms with Gasteiger partial charge in [0.05, 0.1) is 0 Å². The summed E-state index contributed by atoms with van der Waals surface area (Å²) in [7, 11) is 3.65.